The summed E-state index contributed by atoms with van der Waals surface area (Å²) in [4.78, 5) is 0. The van der Waals surface area contributed by atoms with E-state index < -0.39 is 0 Å². The van der Waals surface area contributed by atoms with Crippen LogP contribution in [0.1, 0.15) is 6.42 Å². The minimum atomic E-state index is 0. The van der Waals surface area contributed by atoms with Crippen LogP contribution in [0, 0.1) is 20.9 Å². The zero-order valence-electron chi connectivity index (χ0n) is 5.85. The molecular formula is C7H12ClZr. The van der Waals surface area contributed by atoms with Gasteiger partial charge < -0.3 is 14.9 Å². The Hall–Kier alpha value is 0.653. The molecule has 0 saturated carbocycles. The molecule has 0 fully saturated rings. The fraction of sp³-hybridized carbons (Fsp3) is 0.143. The van der Waals surface area contributed by atoms with Crippen molar-refractivity contribution in [2.24, 2.45) is 0 Å². The molecule has 1 aliphatic carbocycles. The molecule has 0 aromatic heterocycles. The van der Waals surface area contributed by atoms with E-state index in [1.807, 2.05) is 12.2 Å². The van der Waals surface area contributed by atoms with Gasteiger partial charge in [0.25, 0.3) is 0 Å². The van der Waals surface area contributed by atoms with Crippen molar-refractivity contribution in [3.8, 4) is 0 Å². The number of allylic oxidation sites excluding steroid dienone is 4. The Morgan fingerprint density at radius 1 is 1.22 bits per heavy atom. The summed E-state index contributed by atoms with van der Waals surface area (Å²) >= 11 is 0. The summed E-state index contributed by atoms with van der Waals surface area (Å²) in [6, 6.07) is 0. The van der Waals surface area contributed by atoms with Crippen molar-refractivity contribution in [1.29, 1.82) is 0 Å². The van der Waals surface area contributed by atoms with Gasteiger partial charge in [-0.25, -0.2) is 12.2 Å². The van der Waals surface area contributed by atoms with Crippen LogP contribution >= 0.6 is 12.4 Å². The van der Waals surface area contributed by atoms with Gasteiger partial charge in [0.15, 0.2) is 0 Å². The fourth-order valence-corrected chi connectivity index (χ4v) is 0.340. The third-order valence-corrected chi connectivity index (χ3v) is 0.586. The van der Waals surface area contributed by atoms with Gasteiger partial charge in [0.1, 0.15) is 0 Å². The molecule has 0 bridgehead atoms. The first-order valence-electron chi connectivity index (χ1n) is 1.72. The molecule has 1 radical (unpaired) electrons. The second kappa shape index (κ2) is 15.9. The average molecular weight is 223 g/mol. The van der Waals surface area contributed by atoms with Crippen LogP contribution in [-0.4, -0.2) is 0 Å². The molecule has 0 aliphatic heterocycles. The Morgan fingerprint density at radius 3 is 1.89 bits per heavy atom. The van der Waals surface area contributed by atoms with E-state index in [2.05, 4.69) is 12.2 Å². The number of halogens is 1. The predicted molar refractivity (Wildman–Crippen MR) is 41.6 cm³/mol. The number of hydrogen-bond acceptors (Lipinski definition) is 0. The quantitative estimate of drug-likeness (QED) is 0.553. The van der Waals surface area contributed by atoms with Gasteiger partial charge in [0.05, 0.1) is 0 Å². The maximum Gasteiger partial charge on any atom is 3.00 e. The van der Waals surface area contributed by atoms with Crippen LogP contribution in [0.4, 0.5) is 0 Å². The summed E-state index contributed by atoms with van der Waals surface area (Å²) in [5.74, 6) is 0. The van der Waals surface area contributed by atoms with Crippen LogP contribution in [0.15, 0.2) is 18.2 Å². The van der Waals surface area contributed by atoms with Gasteiger partial charge in [-0.2, -0.15) is 6.08 Å². The molecule has 51 valence electrons. The summed E-state index contributed by atoms with van der Waals surface area (Å²) in [5.41, 5.74) is 0. The van der Waals surface area contributed by atoms with Crippen molar-refractivity contribution < 1.29 is 26.2 Å². The van der Waals surface area contributed by atoms with Crippen LogP contribution in [0.2, 0.25) is 0 Å². The molecule has 0 aromatic carbocycles. The minimum Gasteiger partial charge on any atom is -0.358 e. The maximum absolute atomic E-state index is 2.99. The summed E-state index contributed by atoms with van der Waals surface area (Å²) in [5, 5.41) is 0. The molecular weight excluding hydrogens is 211 g/mol. The van der Waals surface area contributed by atoms with Crippen molar-refractivity contribution in [3.63, 3.8) is 0 Å². The molecule has 0 N–H and O–H groups in total. The molecule has 0 aromatic rings. The van der Waals surface area contributed by atoms with Gasteiger partial charge in [-0.15, -0.1) is 18.8 Å². The molecule has 1 aliphatic rings. The molecule has 2 heteroatoms. The Morgan fingerprint density at radius 2 is 1.78 bits per heavy atom. The molecule has 0 atom stereocenters. The standard InChI is InChI=1S/C5H5.2CH3.ClH.Zr/c1-2-4-5-3-1;;;;/h1-3H,4H2;2*1H3;1H;/q3*-1;;+3. The first kappa shape index (κ1) is 22.6. The normalized spacial score (nSPS) is 9.78. The molecule has 0 nitrogen and oxygen atoms in total. The number of rotatable bonds is 0. The third-order valence-electron chi connectivity index (χ3n) is 0.586. The fourth-order valence-electron chi connectivity index (χ4n) is 0.340. The summed E-state index contributed by atoms with van der Waals surface area (Å²) in [7, 11) is 0. The van der Waals surface area contributed by atoms with E-state index in [1.165, 1.54) is 0 Å². The Bertz CT molecular complexity index is 67.0. The zero-order valence-corrected chi connectivity index (χ0v) is 9.12. The topological polar surface area (TPSA) is 0 Å². The molecule has 0 spiro atoms. The van der Waals surface area contributed by atoms with Gasteiger partial charge >= 0.3 is 26.2 Å². The second-order valence-electron chi connectivity index (χ2n) is 1.00. The zero-order chi connectivity index (χ0) is 3.54. The van der Waals surface area contributed by atoms with Crippen molar-refractivity contribution in [1.82, 2.24) is 0 Å². The van der Waals surface area contributed by atoms with Crippen LogP contribution < -0.4 is 0 Å². The predicted octanol–water partition coefficient (Wildman–Crippen LogP) is 2.63. The van der Waals surface area contributed by atoms with Crippen molar-refractivity contribution >= 4 is 12.4 Å². The van der Waals surface area contributed by atoms with Crippen LogP contribution in [0.25, 0.3) is 0 Å². The minimum absolute atomic E-state index is 0. The molecule has 1 rings (SSSR count). The van der Waals surface area contributed by atoms with Gasteiger partial charge in [-0.1, -0.05) is 0 Å². The average Bonchev–Trinajstić information content (AvgIpc) is 1.76. The molecule has 0 saturated heterocycles. The van der Waals surface area contributed by atoms with Crippen molar-refractivity contribution in [2.75, 3.05) is 0 Å². The van der Waals surface area contributed by atoms with Gasteiger partial charge in [0.2, 0.25) is 0 Å². The first-order chi connectivity index (χ1) is 2.50. The monoisotopic (exact) mass is 221 g/mol. The van der Waals surface area contributed by atoms with Crippen LogP contribution in [0.5, 0.6) is 0 Å². The smallest absolute Gasteiger partial charge is 0.358 e. The van der Waals surface area contributed by atoms with Gasteiger partial charge in [-0.05, 0) is 0 Å². The largest absolute Gasteiger partial charge is 3.00 e. The second-order valence-corrected chi connectivity index (χ2v) is 1.00. The molecule has 0 amide bonds. The third kappa shape index (κ3) is 12.0. The Balaban J connectivity index is -0.0000000312. The van der Waals surface area contributed by atoms with E-state index in [1.54, 1.807) is 0 Å². The van der Waals surface area contributed by atoms with E-state index in [9.17, 15) is 0 Å². The molecule has 9 heavy (non-hydrogen) atoms. The van der Waals surface area contributed by atoms with E-state index >= 15 is 0 Å². The Kier molecular flexibility index (Phi) is 39.9. The summed E-state index contributed by atoms with van der Waals surface area (Å²) < 4.78 is 0. The SMILES string of the molecule is Cl.[C-]1=CC=CC1.[CH3-].[CH3-].[Zr+3]. The molecule has 0 unspecified atom stereocenters. The number of hydrogen-bond donors (Lipinski definition) is 0. The summed E-state index contributed by atoms with van der Waals surface area (Å²) in [6.45, 7) is 0. The van der Waals surface area contributed by atoms with Gasteiger partial charge in [-0.3, -0.25) is 6.08 Å². The van der Waals surface area contributed by atoms with Crippen LogP contribution in [-0.2, 0) is 26.2 Å². The summed E-state index contributed by atoms with van der Waals surface area (Å²) in [6.07, 6.45) is 10.0. The van der Waals surface area contributed by atoms with E-state index in [-0.39, 0.29) is 53.5 Å². The van der Waals surface area contributed by atoms with Crippen molar-refractivity contribution in [3.05, 3.63) is 39.2 Å². The molecule has 0 heterocycles. The van der Waals surface area contributed by atoms with E-state index in [4.69, 9.17) is 0 Å². The van der Waals surface area contributed by atoms with E-state index in [0.717, 1.165) is 6.42 Å². The Labute approximate surface area is 84.0 Å². The van der Waals surface area contributed by atoms with Crippen molar-refractivity contribution in [2.45, 2.75) is 6.42 Å². The first-order valence-corrected chi connectivity index (χ1v) is 1.72. The van der Waals surface area contributed by atoms with Crippen LogP contribution in [0.3, 0.4) is 0 Å². The maximum atomic E-state index is 2.99. The van der Waals surface area contributed by atoms with E-state index in [0.29, 0.717) is 0 Å². The van der Waals surface area contributed by atoms with Gasteiger partial charge in [0, 0.05) is 0 Å².